The Bertz CT molecular complexity index is 916. The molecule has 0 spiro atoms. The highest BCUT2D eigenvalue weighted by atomic mass is 32.2. The lowest BCUT2D eigenvalue weighted by atomic mass is 10.1. The number of hydrogen-bond donors (Lipinski definition) is 0. The molecule has 0 amide bonds. The van der Waals surface area contributed by atoms with Crippen LogP contribution in [0.15, 0.2) is 30.3 Å². The third-order valence-corrected chi connectivity index (χ3v) is 6.95. The highest BCUT2D eigenvalue weighted by Gasteiger charge is 2.33. The number of aromatic nitrogens is 3. The number of hydrogen-bond acceptors (Lipinski definition) is 5. The van der Waals surface area contributed by atoms with Crippen LogP contribution >= 0.6 is 12.2 Å². The zero-order valence-electron chi connectivity index (χ0n) is 15.5. The van der Waals surface area contributed by atoms with E-state index in [-0.39, 0.29) is 17.5 Å². The average Bonchev–Trinajstić information content (AvgIpc) is 3.09. The fourth-order valence-corrected chi connectivity index (χ4v) is 5.39. The van der Waals surface area contributed by atoms with Gasteiger partial charge in [-0.15, -0.1) is 0 Å². The Kier molecular flexibility index (Phi) is 5.64. The van der Waals surface area contributed by atoms with Crippen molar-refractivity contribution < 1.29 is 8.42 Å². The van der Waals surface area contributed by atoms with Crippen LogP contribution in [0, 0.1) is 10.7 Å². The van der Waals surface area contributed by atoms with E-state index in [4.69, 9.17) is 17.3 Å². The maximum absolute atomic E-state index is 11.9. The van der Waals surface area contributed by atoms with Crippen LogP contribution in [0.4, 0.5) is 0 Å². The minimum absolute atomic E-state index is 0.0338. The molecule has 1 fully saturated rings. The van der Waals surface area contributed by atoms with Crippen molar-refractivity contribution in [2.24, 2.45) is 13.0 Å². The third-order valence-electron chi connectivity index (χ3n) is 4.71. The molecule has 0 bridgehead atoms. The summed E-state index contributed by atoms with van der Waals surface area (Å²) in [6.45, 7) is 5.62. The van der Waals surface area contributed by atoms with Crippen LogP contribution in [0.5, 0.6) is 0 Å². The summed E-state index contributed by atoms with van der Waals surface area (Å²) >= 11 is 5.58. The van der Waals surface area contributed by atoms with Crippen molar-refractivity contribution >= 4 is 22.1 Å². The largest absolute Gasteiger partial charge is 0.303 e. The van der Waals surface area contributed by atoms with Crippen molar-refractivity contribution in [1.82, 2.24) is 19.2 Å². The van der Waals surface area contributed by atoms with Crippen LogP contribution in [0.2, 0.25) is 0 Å². The van der Waals surface area contributed by atoms with Gasteiger partial charge in [-0.2, -0.15) is 5.10 Å². The van der Waals surface area contributed by atoms with Gasteiger partial charge in [-0.25, -0.2) is 13.1 Å². The molecule has 2 heterocycles. The minimum atomic E-state index is -2.93. The van der Waals surface area contributed by atoms with Gasteiger partial charge in [-0.3, -0.25) is 4.90 Å². The van der Waals surface area contributed by atoms with Crippen molar-refractivity contribution in [3.05, 3.63) is 35.1 Å². The first-order chi connectivity index (χ1) is 12.3. The zero-order chi connectivity index (χ0) is 18.9. The second kappa shape index (κ2) is 7.62. The van der Waals surface area contributed by atoms with Gasteiger partial charge in [0.2, 0.25) is 0 Å². The fourth-order valence-electron chi connectivity index (χ4n) is 3.45. The molecular weight excluding hydrogens is 368 g/mol. The van der Waals surface area contributed by atoms with Crippen LogP contribution in [0.3, 0.4) is 0 Å². The SMILES string of the molecule is CC(C)CN(Cn1nc(-c2ccccc2)n(C)c1=S)C1CCS(=O)(=O)C1. The van der Waals surface area contributed by atoms with Gasteiger partial charge in [-0.05, 0) is 24.6 Å². The summed E-state index contributed by atoms with van der Waals surface area (Å²) < 4.78 is 28.2. The quantitative estimate of drug-likeness (QED) is 0.705. The van der Waals surface area contributed by atoms with Crippen LogP contribution in [0.1, 0.15) is 20.3 Å². The topological polar surface area (TPSA) is 60.1 Å². The van der Waals surface area contributed by atoms with E-state index < -0.39 is 9.84 Å². The Hall–Kier alpha value is -1.51. The van der Waals surface area contributed by atoms with Crippen LogP contribution in [-0.4, -0.2) is 51.8 Å². The molecule has 0 aliphatic carbocycles. The molecule has 1 aromatic heterocycles. The van der Waals surface area contributed by atoms with Gasteiger partial charge < -0.3 is 4.57 Å². The van der Waals surface area contributed by atoms with Gasteiger partial charge in [0.25, 0.3) is 0 Å². The molecule has 0 saturated carbocycles. The Morgan fingerprint density at radius 3 is 2.58 bits per heavy atom. The van der Waals surface area contributed by atoms with E-state index in [9.17, 15) is 8.42 Å². The number of sulfone groups is 1. The lowest BCUT2D eigenvalue weighted by Crippen LogP contribution is -2.40. The predicted molar refractivity (Wildman–Crippen MR) is 106 cm³/mol. The molecule has 142 valence electrons. The first kappa shape index (κ1) is 19.3. The monoisotopic (exact) mass is 394 g/mol. The molecule has 1 unspecified atom stereocenters. The zero-order valence-corrected chi connectivity index (χ0v) is 17.1. The summed E-state index contributed by atoms with van der Waals surface area (Å²) in [5.41, 5.74) is 1.01. The lowest BCUT2D eigenvalue weighted by Gasteiger charge is -2.29. The Balaban J connectivity index is 1.89. The first-order valence-electron chi connectivity index (χ1n) is 8.90. The molecule has 0 radical (unpaired) electrons. The van der Waals surface area contributed by atoms with Crippen LogP contribution in [0.25, 0.3) is 11.4 Å². The van der Waals surface area contributed by atoms with Crippen molar-refractivity contribution in [3.8, 4) is 11.4 Å². The molecule has 1 aliphatic rings. The molecule has 1 atom stereocenters. The highest BCUT2D eigenvalue weighted by molar-refractivity contribution is 7.91. The maximum atomic E-state index is 11.9. The van der Waals surface area contributed by atoms with E-state index in [0.29, 0.717) is 23.8 Å². The summed E-state index contributed by atoms with van der Waals surface area (Å²) in [4.78, 5) is 2.22. The second-order valence-corrected chi connectivity index (χ2v) is 9.99. The molecule has 0 N–H and O–H groups in total. The van der Waals surface area contributed by atoms with Crippen molar-refractivity contribution in [3.63, 3.8) is 0 Å². The van der Waals surface area contributed by atoms with E-state index in [2.05, 4.69) is 18.7 Å². The van der Waals surface area contributed by atoms with Crippen molar-refractivity contribution in [1.29, 1.82) is 0 Å². The molecule has 2 aromatic rings. The van der Waals surface area contributed by atoms with Gasteiger partial charge in [0.05, 0.1) is 18.2 Å². The van der Waals surface area contributed by atoms with E-state index in [0.717, 1.165) is 17.9 Å². The molecule has 1 saturated heterocycles. The van der Waals surface area contributed by atoms with E-state index in [1.807, 2.05) is 46.6 Å². The molecule has 3 rings (SSSR count). The minimum Gasteiger partial charge on any atom is -0.303 e. The maximum Gasteiger partial charge on any atom is 0.199 e. The van der Waals surface area contributed by atoms with Crippen molar-refractivity contribution in [2.45, 2.75) is 33.0 Å². The van der Waals surface area contributed by atoms with E-state index in [1.165, 1.54) is 0 Å². The van der Waals surface area contributed by atoms with E-state index >= 15 is 0 Å². The van der Waals surface area contributed by atoms with Crippen LogP contribution < -0.4 is 0 Å². The summed E-state index contributed by atoms with van der Waals surface area (Å²) in [7, 11) is -1.01. The fraction of sp³-hybridized carbons (Fsp3) is 0.556. The number of benzene rings is 1. The molecule has 26 heavy (non-hydrogen) atoms. The smallest absolute Gasteiger partial charge is 0.199 e. The van der Waals surface area contributed by atoms with Gasteiger partial charge >= 0.3 is 0 Å². The van der Waals surface area contributed by atoms with Gasteiger partial charge in [0, 0.05) is 25.2 Å². The lowest BCUT2D eigenvalue weighted by molar-refractivity contribution is 0.137. The highest BCUT2D eigenvalue weighted by Crippen LogP contribution is 2.21. The summed E-state index contributed by atoms with van der Waals surface area (Å²) in [6, 6.07) is 9.98. The summed E-state index contributed by atoms with van der Waals surface area (Å²) in [5, 5.41) is 4.72. The molecule has 6 nitrogen and oxygen atoms in total. The normalized spacial score (nSPS) is 19.5. The van der Waals surface area contributed by atoms with Gasteiger partial charge in [0.1, 0.15) is 0 Å². The summed E-state index contributed by atoms with van der Waals surface area (Å²) in [5.74, 6) is 1.75. The molecule has 1 aliphatic heterocycles. The Morgan fingerprint density at radius 2 is 2.00 bits per heavy atom. The van der Waals surface area contributed by atoms with E-state index in [1.54, 1.807) is 0 Å². The number of nitrogens with zero attached hydrogens (tertiary/aromatic N) is 4. The summed E-state index contributed by atoms with van der Waals surface area (Å²) in [6.07, 6.45) is 0.681. The van der Waals surface area contributed by atoms with Crippen molar-refractivity contribution in [2.75, 3.05) is 18.1 Å². The molecular formula is C18H26N4O2S2. The number of rotatable bonds is 6. The first-order valence-corrected chi connectivity index (χ1v) is 11.1. The molecule has 8 heteroatoms. The Labute approximate surface area is 160 Å². The second-order valence-electron chi connectivity index (χ2n) is 7.39. The third kappa shape index (κ3) is 4.24. The van der Waals surface area contributed by atoms with Gasteiger partial charge in [-0.1, -0.05) is 44.2 Å². The average molecular weight is 395 g/mol. The van der Waals surface area contributed by atoms with Gasteiger partial charge in [0.15, 0.2) is 20.4 Å². The molecule has 1 aromatic carbocycles. The standard InChI is InChI=1S/C18H26N4O2S2/c1-14(2)11-21(16-9-10-26(23,24)12-16)13-22-18(25)20(3)17(19-22)15-7-5-4-6-8-15/h4-8,14,16H,9-13H2,1-3H3. The predicted octanol–water partition coefficient (Wildman–Crippen LogP) is 2.72. The van der Waals surface area contributed by atoms with Crippen LogP contribution in [-0.2, 0) is 23.6 Å². The Morgan fingerprint density at radius 1 is 1.31 bits per heavy atom.